The smallest absolute Gasteiger partial charge is 0.0713 e. The van der Waals surface area contributed by atoms with Crippen molar-refractivity contribution in [3.05, 3.63) is 301 Å². The lowest BCUT2D eigenvalue weighted by molar-refractivity contribution is 0.768. The number of anilines is 3. The van der Waals surface area contributed by atoms with Gasteiger partial charge in [0.25, 0.3) is 0 Å². The second-order valence-electron chi connectivity index (χ2n) is 18.0. The van der Waals surface area contributed by atoms with E-state index in [0.29, 0.717) is 0 Å². The maximum absolute atomic E-state index is 2.47. The summed E-state index contributed by atoms with van der Waals surface area (Å²) in [6, 6.07) is 102. The quantitative estimate of drug-likeness (QED) is 0.140. The lowest BCUT2D eigenvalue weighted by atomic mass is 9.68. The fourth-order valence-electron chi connectivity index (χ4n) is 11.4. The van der Waals surface area contributed by atoms with E-state index in [1.807, 2.05) is 0 Å². The maximum Gasteiger partial charge on any atom is 0.0713 e. The third-order valence-corrected chi connectivity index (χ3v) is 14.3. The summed E-state index contributed by atoms with van der Waals surface area (Å²) in [6.07, 6.45) is 0. The second-order valence-corrected chi connectivity index (χ2v) is 18.0. The first-order valence-electron chi connectivity index (χ1n) is 23.8. The van der Waals surface area contributed by atoms with E-state index in [1.165, 1.54) is 83.0 Å². The molecule has 0 saturated heterocycles. The van der Waals surface area contributed by atoms with E-state index < -0.39 is 5.41 Å². The van der Waals surface area contributed by atoms with Gasteiger partial charge in [0.1, 0.15) is 0 Å². The highest BCUT2D eigenvalue weighted by Crippen LogP contribution is 2.57. The van der Waals surface area contributed by atoms with Crippen LogP contribution in [0.3, 0.4) is 0 Å². The van der Waals surface area contributed by atoms with E-state index >= 15 is 0 Å². The third-order valence-electron chi connectivity index (χ3n) is 14.3. The monoisotopic (exact) mass is 878 g/mol. The highest BCUT2D eigenvalue weighted by atomic mass is 15.1. The zero-order chi connectivity index (χ0) is 45.7. The van der Waals surface area contributed by atoms with Crippen LogP contribution in [0.1, 0.15) is 22.3 Å². The summed E-state index contributed by atoms with van der Waals surface area (Å²) in [5, 5.41) is 2.50. The minimum absolute atomic E-state index is 0.495. The van der Waals surface area contributed by atoms with Crippen molar-refractivity contribution in [1.82, 2.24) is 4.57 Å². The number of rotatable bonds is 9. The lowest BCUT2D eigenvalue weighted by Crippen LogP contribution is -2.28. The molecule has 0 spiro atoms. The first-order valence-corrected chi connectivity index (χ1v) is 23.8. The van der Waals surface area contributed by atoms with Crippen molar-refractivity contribution in [2.75, 3.05) is 4.90 Å². The molecule has 2 heteroatoms. The molecule has 0 atom stereocenters. The molecule has 0 radical (unpaired) electrons. The summed E-state index contributed by atoms with van der Waals surface area (Å²) >= 11 is 0. The summed E-state index contributed by atoms with van der Waals surface area (Å²) in [4.78, 5) is 2.47. The number of nitrogens with zero attached hydrogens (tertiary/aromatic N) is 2. The molecule has 13 rings (SSSR count). The van der Waals surface area contributed by atoms with E-state index in [9.17, 15) is 0 Å². The van der Waals surface area contributed by atoms with Gasteiger partial charge in [-0.05, 0) is 116 Å². The minimum atomic E-state index is -0.495. The zero-order valence-electron chi connectivity index (χ0n) is 38.0. The van der Waals surface area contributed by atoms with Crippen LogP contribution < -0.4 is 4.90 Å². The Morgan fingerprint density at radius 2 is 0.725 bits per heavy atom. The van der Waals surface area contributed by atoms with E-state index in [4.69, 9.17) is 0 Å². The van der Waals surface area contributed by atoms with Crippen molar-refractivity contribution >= 4 is 38.9 Å². The van der Waals surface area contributed by atoms with Crippen molar-refractivity contribution in [2.24, 2.45) is 0 Å². The minimum Gasteiger partial charge on any atom is -0.310 e. The van der Waals surface area contributed by atoms with Crippen LogP contribution in [-0.2, 0) is 5.41 Å². The normalized spacial score (nSPS) is 12.5. The molecule has 11 aromatic carbocycles. The molecule has 0 saturated carbocycles. The van der Waals surface area contributed by atoms with Gasteiger partial charge in [0.15, 0.2) is 0 Å². The molecule has 12 aromatic rings. The standard InChI is InChI=1S/C67H46N2/c1-4-22-47(23-5-1)53-28-10-11-29-54(53)55-30-12-13-31-56(55)58-33-15-19-37-64(58)68(50-40-42-51(43-41-50)69-65-38-20-16-34-59(65)60-35-17-21-39-66(60)69)52-44-45-63-61(46-52)57-32-14-18-36-62(57)67(63,48-24-6-2-7-25-48)49-26-8-3-9-27-49/h1-46H. The molecule has 324 valence electrons. The van der Waals surface area contributed by atoms with Gasteiger partial charge in [-0.1, -0.05) is 224 Å². The first-order chi connectivity index (χ1) is 34.3. The van der Waals surface area contributed by atoms with Gasteiger partial charge in [0.2, 0.25) is 0 Å². The largest absolute Gasteiger partial charge is 0.310 e. The predicted octanol–water partition coefficient (Wildman–Crippen LogP) is 17.6. The molecule has 1 aliphatic carbocycles. The predicted molar refractivity (Wildman–Crippen MR) is 289 cm³/mol. The number of hydrogen-bond acceptors (Lipinski definition) is 1. The van der Waals surface area contributed by atoms with E-state index in [1.54, 1.807) is 0 Å². The van der Waals surface area contributed by atoms with Gasteiger partial charge in [0.05, 0.1) is 22.1 Å². The lowest BCUT2D eigenvalue weighted by Gasteiger charge is -2.34. The van der Waals surface area contributed by atoms with Gasteiger partial charge < -0.3 is 9.47 Å². The average molecular weight is 879 g/mol. The Labute approximate surface area is 403 Å². The molecule has 69 heavy (non-hydrogen) atoms. The van der Waals surface area contributed by atoms with Gasteiger partial charge >= 0.3 is 0 Å². The fourth-order valence-corrected chi connectivity index (χ4v) is 11.4. The molecule has 0 fully saturated rings. The van der Waals surface area contributed by atoms with Crippen LogP contribution in [0.2, 0.25) is 0 Å². The second kappa shape index (κ2) is 16.7. The number of benzene rings is 11. The van der Waals surface area contributed by atoms with E-state index in [0.717, 1.165) is 28.3 Å². The summed E-state index contributed by atoms with van der Waals surface area (Å²) < 4.78 is 2.40. The number of fused-ring (bicyclic) bond motifs is 6. The molecular formula is C67H46N2. The van der Waals surface area contributed by atoms with E-state index in [2.05, 4.69) is 289 Å². The molecule has 2 nitrogen and oxygen atoms in total. The van der Waals surface area contributed by atoms with Crippen molar-refractivity contribution < 1.29 is 0 Å². The molecule has 0 bridgehead atoms. The molecular weight excluding hydrogens is 833 g/mol. The summed E-state index contributed by atoms with van der Waals surface area (Å²) in [6.45, 7) is 0. The van der Waals surface area contributed by atoms with Crippen LogP contribution in [0.25, 0.3) is 72.0 Å². The van der Waals surface area contributed by atoms with Crippen molar-refractivity contribution in [3.63, 3.8) is 0 Å². The summed E-state index contributed by atoms with van der Waals surface area (Å²) in [5.41, 5.74) is 20.9. The highest BCUT2D eigenvalue weighted by molar-refractivity contribution is 6.09. The fraction of sp³-hybridized carbons (Fsp3) is 0.0149. The molecule has 0 unspecified atom stereocenters. The highest BCUT2D eigenvalue weighted by Gasteiger charge is 2.46. The number of hydrogen-bond donors (Lipinski definition) is 0. The molecule has 0 amide bonds. The Morgan fingerprint density at radius 1 is 0.290 bits per heavy atom. The van der Waals surface area contributed by atoms with Crippen molar-refractivity contribution in [3.8, 4) is 50.2 Å². The SMILES string of the molecule is c1ccc(-c2ccccc2-c2ccccc2-c2ccccc2N(c2ccc(-n3c4ccccc4c4ccccc43)cc2)c2ccc3c(c2)-c2ccccc2C3(c2ccccc2)c2ccccc2)cc1. The molecule has 0 N–H and O–H groups in total. The van der Waals surface area contributed by atoms with Crippen molar-refractivity contribution in [1.29, 1.82) is 0 Å². The average Bonchev–Trinajstić information content (AvgIpc) is 3.93. The Balaban J connectivity index is 1.04. The van der Waals surface area contributed by atoms with Gasteiger partial charge in [-0.2, -0.15) is 0 Å². The van der Waals surface area contributed by atoms with Crippen LogP contribution in [0, 0.1) is 0 Å². The maximum atomic E-state index is 2.47. The Morgan fingerprint density at radius 3 is 1.35 bits per heavy atom. The number of aromatic nitrogens is 1. The van der Waals surface area contributed by atoms with Crippen LogP contribution in [0.15, 0.2) is 279 Å². The Bertz CT molecular complexity index is 3740. The Kier molecular flexibility index (Phi) is 9.77. The number of para-hydroxylation sites is 3. The molecule has 1 aromatic heterocycles. The van der Waals surface area contributed by atoms with Crippen LogP contribution in [0.5, 0.6) is 0 Å². The first kappa shape index (κ1) is 40.3. The summed E-state index contributed by atoms with van der Waals surface area (Å²) in [5.74, 6) is 0. The van der Waals surface area contributed by atoms with Crippen LogP contribution in [0.4, 0.5) is 17.1 Å². The molecule has 1 heterocycles. The molecule has 1 aliphatic rings. The Hall–Kier alpha value is -8.98. The van der Waals surface area contributed by atoms with E-state index in [-0.39, 0.29) is 0 Å². The summed E-state index contributed by atoms with van der Waals surface area (Å²) in [7, 11) is 0. The van der Waals surface area contributed by atoms with Gasteiger partial charge in [-0.3, -0.25) is 0 Å². The topological polar surface area (TPSA) is 8.17 Å². The van der Waals surface area contributed by atoms with Gasteiger partial charge in [-0.25, -0.2) is 0 Å². The van der Waals surface area contributed by atoms with Crippen LogP contribution >= 0.6 is 0 Å². The van der Waals surface area contributed by atoms with Crippen LogP contribution in [-0.4, -0.2) is 4.57 Å². The molecule has 0 aliphatic heterocycles. The van der Waals surface area contributed by atoms with Gasteiger partial charge in [0, 0.05) is 33.4 Å². The zero-order valence-corrected chi connectivity index (χ0v) is 38.0. The van der Waals surface area contributed by atoms with Gasteiger partial charge in [-0.15, -0.1) is 0 Å². The van der Waals surface area contributed by atoms with Crippen molar-refractivity contribution in [2.45, 2.75) is 5.41 Å². The third kappa shape index (κ3) is 6.48.